The summed E-state index contributed by atoms with van der Waals surface area (Å²) >= 11 is 3.68. The van der Waals surface area contributed by atoms with Crippen LogP contribution in [-0.2, 0) is 0 Å². The van der Waals surface area contributed by atoms with Crippen LogP contribution in [0.2, 0.25) is 0 Å². The van der Waals surface area contributed by atoms with Gasteiger partial charge < -0.3 is 9.47 Å². The Morgan fingerprint density at radius 2 is 1.82 bits per heavy atom. The Labute approximate surface area is 112 Å². The van der Waals surface area contributed by atoms with Crippen molar-refractivity contribution in [1.29, 1.82) is 0 Å². The molecule has 2 nitrogen and oxygen atoms in total. The molecule has 0 amide bonds. The Kier molecular flexibility index (Phi) is 6.41. The summed E-state index contributed by atoms with van der Waals surface area (Å²) in [5.41, 5.74) is 0. The van der Waals surface area contributed by atoms with Crippen molar-refractivity contribution in [3.8, 4) is 11.5 Å². The van der Waals surface area contributed by atoms with Crippen LogP contribution in [0, 0.1) is 5.92 Å². The number of methoxy groups -OCH3 is 1. The lowest BCUT2D eigenvalue weighted by Gasteiger charge is -2.14. The molecule has 0 aliphatic carbocycles. The van der Waals surface area contributed by atoms with Crippen LogP contribution in [0.1, 0.15) is 26.7 Å². The molecule has 0 N–H and O–H groups in total. The SMILES string of the molecule is COc1ccccc1OCCCC(Br)C(C)C. The Morgan fingerprint density at radius 1 is 1.18 bits per heavy atom. The van der Waals surface area contributed by atoms with Crippen LogP contribution in [-0.4, -0.2) is 18.5 Å². The zero-order valence-electron chi connectivity index (χ0n) is 10.8. The van der Waals surface area contributed by atoms with E-state index < -0.39 is 0 Å². The number of ether oxygens (including phenoxy) is 2. The van der Waals surface area contributed by atoms with Gasteiger partial charge in [0.2, 0.25) is 0 Å². The number of para-hydroxylation sites is 2. The highest BCUT2D eigenvalue weighted by Crippen LogP contribution is 2.26. The molecule has 1 aromatic carbocycles. The first-order valence-electron chi connectivity index (χ1n) is 6.05. The van der Waals surface area contributed by atoms with Gasteiger partial charge in [0.05, 0.1) is 13.7 Å². The average molecular weight is 301 g/mol. The number of halogens is 1. The molecule has 0 heterocycles. The summed E-state index contributed by atoms with van der Waals surface area (Å²) in [4.78, 5) is 0.573. The molecule has 0 aromatic heterocycles. The molecule has 1 aromatic rings. The predicted molar refractivity (Wildman–Crippen MR) is 75.3 cm³/mol. The summed E-state index contributed by atoms with van der Waals surface area (Å²) in [7, 11) is 1.66. The molecule has 17 heavy (non-hydrogen) atoms. The molecular formula is C14H21BrO2. The number of hydrogen-bond donors (Lipinski definition) is 0. The predicted octanol–water partition coefficient (Wildman–Crippen LogP) is 4.27. The first-order chi connectivity index (χ1) is 8.15. The monoisotopic (exact) mass is 300 g/mol. The summed E-state index contributed by atoms with van der Waals surface area (Å²) in [6.45, 7) is 5.18. The van der Waals surface area contributed by atoms with Crippen molar-refractivity contribution in [3.63, 3.8) is 0 Å². The van der Waals surface area contributed by atoms with Crippen LogP contribution in [0.25, 0.3) is 0 Å². The molecule has 1 atom stereocenters. The molecule has 96 valence electrons. The van der Waals surface area contributed by atoms with E-state index in [0.717, 1.165) is 30.9 Å². The van der Waals surface area contributed by atoms with E-state index in [2.05, 4.69) is 29.8 Å². The molecule has 0 fully saturated rings. The Hall–Kier alpha value is -0.700. The van der Waals surface area contributed by atoms with E-state index in [0.29, 0.717) is 10.7 Å². The number of hydrogen-bond acceptors (Lipinski definition) is 2. The average Bonchev–Trinajstić information content (AvgIpc) is 2.34. The standard InChI is InChI=1S/C14H21BrO2/c1-11(2)12(15)7-6-10-17-14-9-5-4-8-13(14)16-3/h4-5,8-9,11-12H,6-7,10H2,1-3H3. The van der Waals surface area contributed by atoms with Gasteiger partial charge in [0.1, 0.15) is 0 Å². The lowest BCUT2D eigenvalue weighted by atomic mass is 10.1. The van der Waals surface area contributed by atoms with Gasteiger partial charge in [-0.3, -0.25) is 0 Å². The first kappa shape index (κ1) is 14.4. The van der Waals surface area contributed by atoms with E-state index in [-0.39, 0.29) is 0 Å². The number of rotatable bonds is 7. The van der Waals surface area contributed by atoms with E-state index in [1.807, 2.05) is 24.3 Å². The van der Waals surface area contributed by atoms with Gasteiger partial charge in [-0.05, 0) is 30.9 Å². The third-order valence-corrected chi connectivity index (χ3v) is 4.19. The van der Waals surface area contributed by atoms with E-state index in [4.69, 9.17) is 9.47 Å². The molecule has 3 heteroatoms. The summed E-state index contributed by atoms with van der Waals surface area (Å²) in [5.74, 6) is 2.29. The Bertz CT molecular complexity index is 326. The van der Waals surface area contributed by atoms with Crippen LogP contribution in [0.4, 0.5) is 0 Å². The van der Waals surface area contributed by atoms with Crippen LogP contribution in [0.3, 0.4) is 0 Å². The minimum Gasteiger partial charge on any atom is -0.493 e. The minimum atomic E-state index is 0.573. The summed E-state index contributed by atoms with van der Waals surface area (Å²) in [5, 5.41) is 0. The largest absolute Gasteiger partial charge is 0.493 e. The lowest BCUT2D eigenvalue weighted by molar-refractivity contribution is 0.284. The molecule has 0 spiro atoms. The van der Waals surface area contributed by atoms with Crippen molar-refractivity contribution in [2.24, 2.45) is 5.92 Å². The maximum absolute atomic E-state index is 5.71. The molecule has 0 saturated heterocycles. The van der Waals surface area contributed by atoms with Gasteiger partial charge in [0.25, 0.3) is 0 Å². The molecular weight excluding hydrogens is 280 g/mol. The van der Waals surface area contributed by atoms with Crippen LogP contribution < -0.4 is 9.47 Å². The molecule has 1 rings (SSSR count). The zero-order chi connectivity index (χ0) is 12.7. The highest BCUT2D eigenvalue weighted by atomic mass is 79.9. The van der Waals surface area contributed by atoms with Crippen molar-refractivity contribution in [3.05, 3.63) is 24.3 Å². The van der Waals surface area contributed by atoms with Crippen molar-refractivity contribution in [2.75, 3.05) is 13.7 Å². The number of benzene rings is 1. The molecule has 1 unspecified atom stereocenters. The fourth-order valence-electron chi connectivity index (χ4n) is 1.53. The minimum absolute atomic E-state index is 0.573. The zero-order valence-corrected chi connectivity index (χ0v) is 12.4. The quantitative estimate of drug-likeness (QED) is 0.553. The first-order valence-corrected chi connectivity index (χ1v) is 6.96. The van der Waals surface area contributed by atoms with Crippen molar-refractivity contribution in [2.45, 2.75) is 31.5 Å². The Balaban J connectivity index is 2.31. The highest BCUT2D eigenvalue weighted by Gasteiger charge is 2.08. The highest BCUT2D eigenvalue weighted by molar-refractivity contribution is 9.09. The number of alkyl halides is 1. The fraction of sp³-hybridized carbons (Fsp3) is 0.571. The van der Waals surface area contributed by atoms with Crippen LogP contribution in [0.15, 0.2) is 24.3 Å². The maximum Gasteiger partial charge on any atom is 0.161 e. The van der Waals surface area contributed by atoms with Crippen LogP contribution in [0.5, 0.6) is 11.5 Å². The third kappa shape index (κ3) is 4.99. The summed E-state index contributed by atoms with van der Waals surface area (Å²) in [6.07, 6.45) is 2.18. The topological polar surface area (TPSA) is 18.5 Å². The van der Waals surface area contributed by atoms with E-state index in [1.54, 1.807) is 7.11 Å². The maximum atomic E-state index is 5.71. The van der Waals surface area contributed by atoms with E-state index in [9.17, 15) is 0 Å². The molecule has 0 saturated carbocycles. The van der Waals surface area contributed by atoms with E-state index in [1.165, 1.54) is 0 Å². The van der Waals surface area contributed by atoms with E-state index >= 15 is 0 Å². The van der Waals surface area contributed by atoms with Gasteiger partial charge in [0, 0.05) is 4.83 Å². The Morgan fingerprint density at radius 3 is 2.41 bits per heavy atom. The van der Waals surface area contributed by atoms with Gasteiger partial charge in [-0.25, -0.2) is 0 Å². The van der Waals surface area contributed by atoms with Crippen molar-refractivity contribution < 1.29 is 9.47 Å². The summed E-state index contributed by atoms with van der Waals surface area (Å²) < 4.78 is 10.9. The normalized spacial score (nSPS) is 12.5. The second kappa shape index (κ2) is 7.59. The van der Waals surface area contributed by atoms with Gasteiger partial charge in [0.15, 0.2) is 11.5 Å². The molecule has 0 aliphatic rings. The van der Waals surface area contributed by atoms with Gasteiger partial charge in [-0.15, -0.1) is 0 Å². The van der Waals surface area contributed by atoms with Crippen molar-refractivity contribution in [1.82, 2.24) is 0 Å². The summed E-state index contributed by atoms with van der Waals surface area (Å²) in [6, 6.07) is 7.75. The van der Waals surface area contributed by atoms with Crippen LogP contribution >= 0.6 is 15.9 Å². The smallest absolute Gasteiger partial charge is 0.161 e. The van der Waals surface area contributed by atoms with Gasteiger partial charge in [-0.2, -0.15) is 0 Å². The molecule has 0 radical (unpaired) electrons. The second-order valence-corrected chi connectivity index (χ2v) is 5.58. The third-order valence-electron chi connectivity index (χ3n) is 2.67. The van der Waals surface area contributed by atoms with Gasteiger partial charge in [-0.1, -0.05) is 41.9 Å². The fourth-order valence-corrected chi connectivity index (χ4v) is 1.86. The lowest BCUT2D eigenvalue weighted by Crippen LogP contribution is -2.09. The second-order valence-electron chi connectivity index (χ2n) is 4.40. The van der Waals surface area contributed by atoms with Crippen molar-refractivity contribution >= 4 is 15.9 Å². The molecule has 0 aliphatic heterocycles. The van der Waals surface area contributed by atoms with Gasteiger partial charge >= 0.3 is 0 Å². The molecule has 0 bridgehead atoms.